The van der Waals surface area contributed by atoms with Crippen molar-refractivity contribution >= 4 is 18.3 Å². The molecule has 1 atom stereocenters. The van der Waals surface area contributed by atoms with Crippen LogP contribution in [0.4, 0.5) is 8.78 Å². The number of carbonyl (C=O) groups is 1. The molecule has 136 valence electrons. The molecule has 6 nitrogen and oxygen atoms in total. The van der Waals surface area contributed by atoms with Gasteiger partial charge in [0.05, 0.1) is 0 Å². The number of halogens is 3. The molecule has 0 bridgehead atoms. The molecule has 0 aliphatic carbocycles. The number of benzene rings is 1. The number of rotatable bonds is 7. The second kappa shape index (κ2) is 8.89. The van der Waals surface area contributed by atoms with Gasteiger partial charge in [-0.05, 0) is 19.4 Å². The quantitative estimate of drug-likeness (QED) is 0.802. The number of nitrogens with zero attached hydrogens (tertiary/aromatic N) is 1. The number of ether oxygens (including phenoxy) is 3. The molecule has 1 unspecified atom stereocenters. The van der Waals surface area contributed by atoms with Gasteiger partial charge in [0.2, 0.25) is 12.7 Å². The first-order chi connectivity index (χ1) is 10.9. The second-order valence-electron chi connectivity index (χ2n) is 5.46. The molecule has 1 aromatic carbocycles. The van der Waals surface area contributed by atoms with E-state index in [9.17, 15) is 13.6 Å². The minimum absolute atomic E-state index is 0. The van der Waals surface area contributed by atoms with Gasteiger partial charge >= 0.3 is 6.61 Å². The summed E-state index contributed by atoms with van der Waals surface area (Å²) >= 11 is 0. The van der Waals surface area contributed by atoms with E-state index in [0.29, 0.717) is 29.9 Å². The van der Waals surface area contributed by atoms with E-state index in [0.717, 1.165) is 0 Å². The highest BCUT2D eigenvalue weighted by Gasteiger charge is 2.21. The van der Waals surface area contributed by atoms with Gasteiger partial charge in [-0.3, -0.25) is 4.79 Å². The molecule has 1 aliphatic heterocycles. The topological polar surface area (TPSA) is 74.0 Å². The number of hydrogen-bond acceptors (Lipinski definition) is 5. The highest BCUT2D eigenvalue weighted by molar-refractivity contribution is 5.85. The SMILES string of the molecule is CC(N)CCC(=O)N(C)Cc1cc2c(cc1OC(F)F)OCO2.Cl. The van der Waals surface area contributed by atoms with Gasteiger partial charge in [0.1, 0.15) is 5.75 Å². The number of nitrogens with two attached hydrogens (primary N) is 1. The van der Waals surface area contributed by atoms with Gasteiger partial charge < -0.3 is 24.8 Å². The van der Waals surface area contributed by atoms with Gasteiger partial charge in [-0.15, -0.1) is 12.4 Å². The molecule has 0 spiro atoms. The Morgan fingerprint density at radius 3 is 2.58 bits per heavy atom. The zero-order valence-corrected chi connectivity index (χ0v) is 14.3. The number of fused-ring (bicyclic) bond motifs is 1. The van der Waals surface area contributed by atoms with Crippen molar-refractivity contribution in [2.24, 2.45) is 5.73 Å². The molecule has 1 aliphatic rings. The molecule has 2 rings (SSSR count). The Kier molecular flexibility index (Phi) is 7.50. The lowest BCUT2D eigenvalue weighted by molar-refractivity contribution is -0.130. The van der Waals surface area contributed by atoms with Crippen LogP contribution >= 0.6 is 12.4 Å². The predicted octanol–water partition coefficient (Wildman–Crippen LogP) is 2.52. The van der Waals surface area contributed by atoms with Crippen LogP contribution in [0.25, 0.3) is 0 Å². The summed E-state index contributed by atoms with van der Waals surface area (Å²) in [6.07, 6.45) is 0.856. The fraction of sp³-hybridized carbons (Fsp3) is 0.533. The summed E-state index contributed by atoms with van der Waals surface area (Å²) in [6, 6.07) is 2.83. The molecule has 1 amide bonds. The zero-order chi connectivity index (χ0) is 17.0. The summed E-state index contributed by atoms with van der Waals surface area (Å²) in [5.74, 6) is 0.632. The molecule has 0 radical (unpaired) electrons. The van der Waals surface area contributed by atoms with Crippen molar-refractivity contribution in [1.29, 1.82) is 0 Å². The average Bonchev–Trinajstić information content (AvgIpc) is 2.91. The lowest BCUT2D eigenvalue weighted by Crippen LogP contribution is -2.28. The van der Waals surface area contributed by atoms with Gasteiger partial charge in [-0.25, -0.2) is 0 Å². The summed E-state index contributed by atoms with van der Waals surface area (Å²) in [7, 11) is 1.60. The van der Waals surface area contributed by atoms with Gasteiger partial charge in [-0.1, -0.05) is 0 Å². The van der Waals surface area contributed by atoms with Gasteiger partial charge in [0.25, 0.3) is 0 Å². The Balaban J connectivity index is 0.00000288. The molecular formula is C15H21ClF2N2O4. The monoisotopic (exact) mass is 366 g/mol. The predicted molar refractivity (Wildman–Crippen MR) is 85.8 cm³/mol. The Morgan fingerprint density at radius 2 is 2.00 bits per heavy atom. The highest BCUT2D eigenvalue weighted by Crippen LogP contribution is 2.39. The standard InChI is InChI=1S/C15H20F2N2O4.ClH/c1-9(18)3-4-14(20)19(2)7-10-5-12-13(22-8-21-12)6-11(10)23-15(16)17;/h5-6,9,15H,3-4,7-8,18H2,1-2H3;1H. The van der Waals surface area contributed by atoms with Crippen molar-refractivity contribution in [3.63, 3.8) is 0 Å². The summed E-state index contributed by atoms with van der Waals surface area (Å²) in [4.78, 5) is 13.5. The molecule has 0 saturated carbocycles. The summed E-state index contributed by atoms with van der Waals surface area (Å²) in [6.45, 7) is -1.00. The summed E-state index contributed by atoms with van der Waals surface area (Å²) in [5.41, 5.74) is 6.05. The lowest BCUT2D eigenvalue weighted by atomic mass is 10.1. The highest BCUT2D eigenvalue weighted by atomic mass is 35.5. The number of amides is 1. The second-order valence-corrected chi connectivity index (χ2v) is 5.46. The van der Waals surface area contributed by atoms with E-state index in [2.05, 4.69) is 4.74 Å². The van der Waals surface area contributed by atoms with Crippen molar-refractivity contribution in [3.8, 4) is 17.2 Å². The van der Waals surface area contributed by atoms with Crippen molar-refractivity contribution in [2.75, 3.05) is 13.8 Å². The van der Waals surface area contributed by atoms with E-state index < -0.39 is 6.61 Å². The maximum atomic E-state index is 12.6. The maximum Gasteiger partial charge on any atom is 0.387 e. The van der Waals surface area contributed by atoms with Crippen LogP contribution in [0.1, 0.15) is 25.3 Å². The van der Waals surface area contributed by atoms with Gasteiger partial charge in [-0.2, -0.15) is 8.78 Å². The number of hydrogen-bond donors (Lipinski definition) is 1. The van der Waals surface area contributed by atoms with Crippen LogP contribution in [-0.4, -0.2) is 37.3 Å². The smallest absolute Gasteiger partial charge is 0.387 e. The summed E-state index contributed by atoms with van der Waals surface area (Å²) in [5, 5.41) is 0. The maximum absolute atomic E-state index is 12.6. The molecule has 0 fully saturated rings. The largest absolute Gasteiger partial charge is 0.454 e. The van der Waals surface area contributed by atoms with E-state index in [1.807, 2.05) is 6.92 Å². The van der Waals surface area contributed by atoms with Crippen molar-refractivity contribution in [3.05, 3.63) is 17.7 Å². The third-order valence-electron chi connectivity index (χ3n) is 3.42. The van der Waals surface area contributed by atoms with Crippen LogP contribution in [0.2, 0.25) is 0 Å². The average molecular weight is 367 g/mol. The van der Waals surface area contributed by atoms with Crippen LogP contribution < -0.4 is 19.9 Å². The van der Waals surface area contributed by atoms with E-state index in [-0.39, 0.29) is 43.4 Å². The zero-order valence-electron chi connectivity index (χ0n) is 13.5. The molecule has 9 heteroatoms. The van der Waals surface area contributed by atoms with Crippen molar-refractivity contribution in [2.45, 2.75) is 39.0 Å². The third kappa shape index (κ3) is 5.38. The van der Waals surface area contributed by atoms with Gasteiger partial charge in [0, 0.05) is 37.7 Å². The Labute approximate surface area is 145 Å². The molecule has 0 aromatic heterocycles. The fourth-order valence-electron chi connectivity index (χ4n) is 2.18. The van der Waals surface area contributed by atoms with E-state index in [4.69, 9.17) is 15.2 Å². The minimum Gasteiger partial charge on any atom is -0.454 e. The minimum atomic E-state index is -2.96. The fourth-order valence-corrected chi connectivity index (χ4v) is 2.18. The molecule has 0 saturated heterocycles. The van der Waals surface area contributed by atoms with E-state index >= 15 is 0 Å². The molecule has 1 heterocycles. The normalized spacial score (nSPS) is 13.4. The first kappa shape index (κ1) is 20.2. The number of alkyl halides is 2. The Hall–Kier alpha value is -1.80. The Morgan fingerprint density at radius 1 is 1.38 bits per heavy atom. The van der Waals surface area contributed by atoms with Gasteiger partial charge in [0.15, 0.2) is 11.5 Å². The first-order valence-corrected chi connectivity index (χ1v) is 7.23. The van der Waals surface area contributed by atoms with Crippen LogP contribution in [-0.2, 0) is 11.3 Å². The van der Waals surface area contributed by atoms with Crippen LogP contribution in [0, 0.1) is 0 Å². The third-order valence-corrected chi connectivity index (χ3v) is 3.42. The van der Waals surface area contributed by atoms with Crippen LogP contribution in [0.3, 0.4) is 0 Å². The van der Waals surface area contributed by atoms with Crippen molar-refractivity contribution in [1.82, 2.24) is 4.90 Å². The summed E-state index contributed by atoms with van der Waals surface area (Å²) < 4.78 is 40.0. The van der Waals surface area contributed by atoms with Crippen LogP contribution in [0.15, 0.2) is 12.1 Å². The van der Waals surface area contributed by atoms with Crippen molar-refractivity contribution < 1.29 is 27.8 Å². The molecular weight excluding hydrogens is 346 g/mol. The Bertz CT molecular complexity index is 573. The number of carbonyl (C=O) groups excluding carboxylic acids is 1. The molecule has 1 aromatic rings. The lowest BCUT2D eigenvalue weighted by Gasteiger charge is -2.20. The van der Waals surface area contributed by atoms with Crippen LogP contribution in [0.5, 0.6) is 17.2 Å². The van der Waals surface area contributed by atoms with E-state index in [1.54, 1.807) is 13.1 Å². The van der Waals surface area contributed by atoms with E-state index in [1.165, 1.54) is 11.0 Å². The molecule has 2 N–H and O–H groups in total. The first-order valence-electron chi connectivity index (χ1n) is 7.23. The molecule has 24 heavy (non-hydrogen) atoms.